The first-order chi connectivity index (χ1) is 11.3. The Morgan fingerprint density at radius 2 is 2.00 bits per heavy atom. The molecule has 0 radical (unpaired) electrons. The summed E-state index contributed by atoms with van der Waals surface area (Å²) < 4.78 is 39.6. The number of amidine groups is 1. The number of hydrogen-bond acceptors (Lipinski definition) is 4. The fourth-order valence-corrected chi connectivity index (χ4v) is 3.47. The molecule has 0 fully saturated rings. The van der Waals surface area contributed by atoms with E-state index in [4.69, 9.17) is 0 Å². The predicted octanol–water partition coefficient (Wildman–Crippen LogP) is 4.47. The van der Waals surface area contributed by atoms with Gasteiger partial charge in [-0.3, -0.25) is 0 Å². The third-order valence-corrected chi connectivity index (χ3v) is 4.97. The summed E-state index contributed by atoms with van der Waals surface area (Å²) in [7, 11) is 0. The molecule has 0 saturated carbocycles. The molecular weight excluding hydrogens is 335 g/mol. The molecule has 24 heavy (non-hydrogen) atoms. The van der Waals surface area contributed by atoms with Gasteiger partial charge >= 0.3 is 6.18 Å². The van der Waals surface area contributed by atoms with Crippen molar-refractivity contribution < 1.29 is 13.2 Å². The molecule has 0 spiro atoms. The summed E-state index contributed by atoms with van der Waals surface area (Å²) in [6.07, 6.45) is 7.63. The van der Waals surface area contributed by atoms with E-state index in [2.05, 4.69) is 23.1 Å². The number of thioether (sulfide) groups is 1. The second kappa shape index (κ2) is 6.27. The van der Waals surface area contributed by atoms with E-state index in [1.54, 1.807) is 23.9 Å². The number of hydrazone groups is 1. The summed E-state index contributed by atoms with van der Waals surface area (Å²) in [6, 6.07) is 0. The first-order valence-electron chi connectivity index (χ1n) is 7.73. The molecule has 0 aromatic heterocycles. The summed E-state index contributed by atoms with van der Waals surface area (Å²) in [5.74, 6) is 1.24. The molecule has 7 heteroatoms. The molecule has 2 aliphatic heterocycles. The van der Waals surface area contributed by atoms with E-state index < -0.39 is 11.7 Å². The normalized spacial score (nSPS) is 26.5. The minimum atomic E-state index is -4.39. The molecule has 3 aliphatic rings. The Morgan fingerprint density at radius 3 is 2.71 bits per heavy atom. The van der Waals surface area contributed by atoms with Crippen molar-refractivity contribution in [2.75, 3.05) is 12.3 Å². The van der Waals surface area contributed by atoms with Gasteiger partial charge in [-0.2, -0.15) is 18.3 Å². The van der Waals surface area contributed by atoms with E-state index in [0.717, 1.165) is 24.7 Å². The molecule has 3 rings (SSSR count). The second-order valence-corrected chi connectivity index (χ2v) is 7.33. The second-order valence-electron chi connectivity index (χ2n) is 5.94. The zero-order chi connectivity index (χ0) is 17.4. The lowest BCUT2D eigenvalue weighted by molar-refractivity contribution is -0.178. The Kier molecular flexibility index (Phi) is 4.46. The Labute approximate surface area is 143 Å². The van der Waals surface area contributed by atoms with Crippen LogP contribution >= 0.6 is 11.8 Å². The molecule has 0 bridgehead atoms. The van der Waals surface area contributed by atoms with Crippen LogP contribution in [0.5, 0.6) is 0 Å². The van der Waals surface area contributed by atoms with Gasteiger partial charge in [0.15, 0.2) is 5.54 Å². The van der Waals surface area contributed by atoms with Gasteiger partial charge in [0.2, 0.25) is 0 Å². The number of hydrogen-bond donors (Lipinski definition) is 0. The van der Waals surface area contributed by atoms with Crippen LogP contribution in [0.25, 0.3) is 0 Å². The maximum atomic E-state index is 13.2. The van der Waals surface area contributed by atoms with Crippen LogP contribution in [0.3, 0.4) is 0 Å². The van der Waals surface area contributed by atoms with Crippen molar-refractivity contribution in [1.29, 1.82) is 0 Å². The zero-order valence-electron chi connectivity index (χ0n) is 13.5. The van der Waals surface area contributed by atoms with E-state index in [-0.39, 0.29) is 12.4 Å². The van der Waals surface area contributed by atoms with Crippen molar-refractivity contribution in [3.05, 3.63) is 46.9 Å². The van der Waals surface area contributed by atoms with Gasteiger partial charge in [-0.15, -0.1) is 11.8 Å². The lowest BCUT2D eigenvalue weighted by Gasteiger charge is -2.25. The van der Waals surface area contributed by atoms with Gasteiger partial charge < -0.3 is 0 Å². The van der Waals surface area contributed by atoms with Gasteiger partial charge in [-0.1, -0.05) is 31.2 Å². The molecule has 1 atom stereocenters. The fraction of sp³-hybridized carbons (Fsp3) is 0.412. The summed E-state index contributed by atoms with van der Waals surface area (Å²) in [4.78, 5) is 5.05. The summed E-state index contributed by atoms with van der Waals surface area (Å²) in [5.41, 5.74) is -0.423. The highest BCUT2D eigenvalue weighted by Gasteiger charge is 2.56. The minimum Gasteiger partial charge on any atom is -0.249 e. The molecule has 2 heterocycles. The molecule has 3 nitrogen and oxygen atoms in total. The van der Waals surface area contributed by atoms with Crippen LogP contribution in [-0.2, 0) is 0 Å². The number of alkyl halides is 3. The van der Waals surface area contributed by atoms with Crippen LogP contribution in [0, 0.1) is 0 Å². The molecule has 0 aromatic rings. The van der Waals surface area contributed by atoms with E-state index in [1.807, 2.05) is 18.2 Å². The highest BCUT2D eigenvalue weighted by molar-refractivity contribution is 8.03. The number of nitrogens with zero attached hydrogens (tertiary/aromatic N) is 3. The first-order valence-corrected chi connectivity index (χ1v) is 8.71. The molecule has 128 valence electrons. The van der Waals surface area contributed by atoms with Crippen molar-refractivity contribution in [2.24, 2.45) is 10.1 Å². The maximum absolute atomic E-state index is 13.2. The number of aliphatic imine (C=N–C) groups is 1. The summed E-state index contributed by atoms with van der Waals surface area (Å²) in [6.45, 7) is 2.91. The standard InChI is InChI=1S/C17H18F3N3S/c1-3-24-13-7-5-4-6-12(10-13)14-8-9-15-21-16(2,17(18,19)20)11-23(15)22-14/h4-9H,3,10-11H2,1-2H3. The van der Waals surface area contributed by atoms with Gasteiger partial charge in [0, 0.05) is 6.42 Å². The van der Waals surface area contributed by atoms with E-state index >= 15 is 0 Å². The van der Waals surface area contributed by atoms with Crippen LogP contribution < -0.4 is 0 Å². The van der Waals surface area contributed by atoms with Crippen molar-refractivity contribution in [2.45, 2.75) is 32.0 Å². The monoisotopic (exact) mass is 353 g/mol. The average molecular weight is 353 g/mol. The third kappa shape index (κ3) is 3.22. The van der Waals surface area contributed by atoms with Crippen LogP contribution in [0.4, 0.5) is 13.2 Å². The van der Waals surface area contributed by atoms with Gasteiger partial charge in [-0.05, 0) is 35.3 Å². The van der Waals surface area contributed by atoms with Crippen molar-refractivity contribution in [3.63, 3.8) is 0 Å². The van der Waals surface area contributed by atoms with Gasteiger partial charge in [-0.25, -0.2) is 10.0 Å². The van der Waals surface area contributed by atoms with Crippen molar-refractivity contribution in [3.8, 4) is 0 Å². The molecule has 0 amide bonds. The summed E-state index contributed by atoms with van der Waals surface area (Å²) in [5, 5.41) is 5.76. The van der Waals surface area contributed by atoms with Crippen molar-refractivity contribution in [1.82, 2.24) is 5.01 Å². The van der Waals surface area contributed by atoms with Crippen molar-refractivity contribution >= 4 is 23.3 Å². The fourth-order valence-electron chi connectivity index (χ4n) is 2.67. The smallest absolute Gasteiger partial charge is 0.249 e. The lowest BCUT2D eigenvalue weighted by Crippen LogP contribution is -2.44. The number of halogens is 3. The third-order valence-electron chi connectivity index (χ3n) is 4.03. The number of rotatable bonds is 3. The van der Waals surface area contributed by atoms with Crippen LogP contribution in [-0.4, -0.2) is 40.6 Å². The topological polar surface area (TPSA) is 28.0 Å². The molecular formula is C17H18F3N3S. The van der Waals surface area contributed by atoms with Gasteiger partial charge in [0.25, 0.3) is 0 Å². The van der Waals surface area contributed by atoms with Crippen LogP contribution in [0.15, 0.2) is 57.0 Å². The highest BCUT2D eigenvalue weighted by atomic mass is 32.2. The Bertz CT molecular complexity index is 713. The molecule has 0 saturated heterocycles. The number of fused-ring (bicyclic) bond motifs is 1. The predicted molar refractivity (Wildman–Crippen MR) is 93.2 cm³/mol. The first kappa shape index (κ1) is 17.1. The maximum Gasteiger partial charge on any atom is 0.415 e. The lowest BCUT2D eigenvalue weighted by atomic mass is 10.0. The van der Waals surface area contributed by atoms with Gasteiger partial charge in [0.1, 0.15) is 5.84 Å². The molecule has 1 unspecified atom stereocenters. The van der Waals surface area contributed by atoms with E-state index in [1.165, 1.54) is 9.91 Å². The Balaban J connectivity index is 1.82. The quantitative estimate of drug-likeness (QED) is 0.749. The molecule has 1 aliphatic carbocycles. The Hall–Kier alpha value is -1.76. The van der Waals surface area contributed by atoms with E-state index in [9.17, 15) is 13.2 Å². The largest absolute Gasteiger partial charge is 0.415 e. The SMILES string of the molecule is CCSC1=CC=CC=C(C2=NN3CC(C)(C(F)(F)F)N=C3C=C2)C1. The highest BCUT2D eigenvalue weighted by Crippen LogP contribution is 2.39. The number of allylic oxidation sites excluding steroid dienone is 7. The Morgan fingerprint density at radius 1 is 1.25 bits per heavy atom. The van der Waals surface area contributed by atoms with Gasteiger partial charge in [0.05, 0.1) is 12.3 Å². The average Bonchev–Trinajstić information content (AvgIpc) is 2.70. The molecule has 0 N–H and O–H groups in total. The van der Waals surface area contributed by atoms with Crippen LogP contribution in [0.2, 0.25) is 0 Å². The van der Waals surface area contributed by atoms with Crippen LogP contribution in [0.1, 0.15) is 20.3 Å². The minimum absolute atomic E-state index is 0.266. The summed E-state index contributed by atoms with van der Waals surface area (Å²) >= 11 is 1.76. The molecule has 0 aromatic carbocycles. The van der Waals surface area contributed by atoms with E-state index in [0.29, 0.717) is 5.71 Å². The zero-order valence-corrected chi connectivity index (χ0v) is 14.3.